The van der Waals surface area contributed by atoms with E-state index in [1.165, 1.54) is 12.8 Å². The van der Waals surface area contributed by atoms with Crippen LogP contribution in [0.4, 0.5) is 0 Å². The fourth-order valence-corrected chi connectivity index (χ4v) is 0.581. The Bertz CT molecular complexity index is 88.2. The van der Waals surface area contributed by atoms with Crippen LogP contribution in [-0.4, -0.2) is 0 Å². The second kappa shape index (κ2) is 3.71. The van der Waals surface area contributed by atoms with Crippen LogP contribution >= 0.6 is 0 Å². The van der Waals surface area contributed by atoms with Crippen LogP contribution in [0.1, 0.15) is 40.5 Å². The van der Waals surface area contributed by atoms with Gasteiger partial charge >= 0.3 is 0 Å². The number of allylic oxidation sites excluding steroid dienone is 2. The average Bonchev–Trinajstić information content (AvgIpc) is 1.84. The molecule has 0 radical (unpaired) electrons. The number of hydrogen-bond acceptors (Lipinski definition) is 0. The summed E-state index contributed by atoms with van der Waals surface area (Å²) < 4.78 is 0. The van der Waals surface area contributed by atoms with Gasteiger partial charge in [0.15, 0.2) is 0 Å². The minimum Gasteiger partial charge on any atom is -0.0916 e. The van der Waals surface area contributed by atoms with Gasteiger partial charge in [-0.15, -0.1) is 0 Å². The Labute approximate surface area is 59.0 Å². The largest absolute Gasteiger partial charge is 0.0916 e. The van der Waals surface area contributed by atoms with E-state index in [-0.39, 0.29) is 0 Å². The maximum atomic E-state index is 2.30. The van der Waals surface area contributed by atoms with Gasteiger partial charge in [-0.05, 0) is 18.8 Å². The lowest BCUT2D eigenvalue weighted by Gasteiger charge is -2.19. The van der Waals surface area contributed by atoms with E-state index in [0.717, 1.165) is 0 Å². The molecule has 9 heavy (non-hydrogen) atoms. The Morgan fingerprint density at radius 2 is 1.89 bits per heavy atom. The fraction of sp³-hybridized carbons (Fsp3) is 0.778. The van der Waals surface area contributed by atoms with Crippen molar-refractivity contribution in [1.29, 1.82) is 0 Å². The Kier molecular flexibility index (Phi) is 3.60. The predicted molar refractivity (Wildman–Crippen MR) is 43.5 cm³/mol. The van der Waals surface area contributed by atoms with E-state index in [9.17, 15) is 0 Å². The van der Waals surface area contributed by atoms with Crippen LogP contribution in [0.2, 0.25) is 0 Å². The highest BCUT2D eigenvalue weighted by Crippen LogP contribution is 2.24. The average molecular weight is 126 g/mol. The molecule has 0 amide bonds. The molecule has 0 aliphatic rings. The molecule has 0 nitrogen and oxygen atoms in total. The first-order valence-corrected chi connectivity index (χ1v) is 3.73. The Morgan fingerprint density at radius 1 is 1.33 bits per heavy atom. The Hall–Kier alpha value is -0.260. The highest BCUT2D eigenvalue weighted by molar-refractivity contribution is 4.83. The van der Waals surface area contributed by atoms with Gasteiger partial charge in [0.2, 0.25) is 0 Å². The standard InChI is InChI=1S/C9H18/c1-5-7-8-9(3,4)6-2/h5,7H,6,8H2,1-4H3/b7-5+. The van der Waals surface area contributed by atoms with Gasteiger partial charge < -0.3 is 0 Å². The number of hydrogen-bond donors (Lipinski definition) is 0. The van der Waals surface area contributed by atoms with Gasteiger partial charge in [-0.3, -0.25) is 0 Å². The van der Waals surface area contributed by atoms with Gasteiger partial charge in [0, 0.05) is 0 Å². The summed E-state index contributed by atoms with van der Waals surface area (Å²) >= 11 is 0. The lowest BCUT2D eigenvalue weighted by molar-refractivity contribution is 0.357. The maximum absolute atomic E-state index is 2.30. The van der Waals surface area contributed by atoms with Gasteiger partial charge in [-0.1, -0.05) is 39.3 Å². The third-order valence-corrected chi connectivity index (χ3v) is 1.86. The molecule has 0 saturated heterocycles. The maximum Gasteiger partial charge on any atom is -0.0299 e. The summed E-state index contributed by atoms with van der Waals surface area (Å²) in [5.74, 6) is 0. The summed E-state index contributed by atoms with van der Waals surface area (Å²) in [7, 11) is 0. The van der Waals surface area contributed by atoms with Crippen LogP contribution in [0, 0.1) is 5.41 Å². The Morgan fingerprint density at radius 3 is 2.22 bits per heavy atom. The van der Waals surface area contributed by atoms with Crippen molar-refractivity contribution in [3.8, 4) is 0 Å². The molecule has 0 spiro atoms. The first kappa shape index (κ1) is 8.74. The normalized spacial score (nSPS) is 12.9. The van der Waals surface area contributed by atoms with E-state index >= 15 is 0 Å². The zero-order valence-electron chi connectivity index (χ0n) is 7.07. The second-order valence-electron chi connectivity index (χ2n) is 3.29. The molecule has 0 atom stereocenters. The fourth-order valence-electron chi connectivity index (χ4n) is 0.581. The van der Waals surface area contributed by atoms with Crippen molar-refractivity contribution in [2.24, 2.45) is 5.41 Å². The van der Waals surface area contributed by atoms with E-state index in [0.29, 0.717) is 5.41 Å². The third kappa shape index (κ3) is 4.26. The molecule has 0 saturated carbocycles. The summed E-state index contributed by atoms with van der Waals surface area (Å²) in [5.41, 5.74) is 0.506. The van der Waals surface area contributed by atoms with Crippen LogP contribution in [0.15, 0.2) is 12.2 Å². The van der Waals surface area contributed by atoms with E-state index in [1.807, 2.05) is 0 Å². The predicted octanol–water partition coefficient (Wildman–Crippen LogP) is 3.39. The van der Waals surface area contributed by atoms with Gasteiger partial charge in [-0.2, -0.15) is 0 Å². The molecule has 0 unspecified atom stereocenters. The topological polar surface area (TPSA) is 0 Å². The highest BCUT2D eigenvalue weighted by atomic mass is 14.2. The van der Waals surface area contributed by atoms with Gasteiger partial charge in [0.05, 0.1) is 0 Å². The van der Waals surface area contributed by atoms with Crippen LogP contribution in [0.3, 0.4) is 0 Å². The van der Waals surface area contributed by atoms with Gasteiger partial charge in [0.25, 0.3) is 0 Å². The van der Waals surface area contributed by atoms with E-state index in [2.05, 4.69) is 39.8 Å². The van der Waals surface area contributed by atoms with Gasteiger partial charge in [-0.25, -0.2) is 0 Å². The van der Waals surface area contributed by atoms with Crippen molar-refractivity contribution in [2.75, 3.05) is 0 Å². The molecule has 0 aromatic rings. The van der Waals surface area contributed by atoms with Gasteiger partial charge in [0.1, 0.15) is 0 Å². The van der Waals surface area contributed by atoms with Crippen molar-refractivity contribution in [3.05, 3.63) is 12.2 Å². The molecule has 0 bridgehead atoms. The lowest BCUT2D eigenvalue weighted by Crippen LogP contribution is -2.06. The van der Waals surface area contributed by atoms with Crippen LogP contribution < -0.4 is 0 Å². The molecule has 0 aromatic carbocycles. The van der Waals surface area contributed by atoms with Crippen molar-refractivity contribution in [1.82, 2.24) is 0 Å². The molecular formula is C9H18. The molecule has 0 N–H and O–H groups in total. The second-order valence-corrected chi connectivity index (χ2v) is 3.29. The Balaban J connectivity index is 3.58. The van der Waals surface area contributed by atoms with E-state index in [4.69, 9.17) is 0 Å². The summed E-state index contributed by atoms with van der Waals surface area (Å²) in [6, 6.07) is 0. The van der Waals surface area contributed by atoms with Crippen molar-refractivity contribution in [3.63, 3.8) is 0 Å². The van der Waals surface area contributed by atoms with E-state index < -0.39 is 0 Å². The van der Waals surface area contributed by atoms with Crippen molar-refractivity contribution >= 4 is 0 Å². The molecule has 0 fully saturated rings. The molecule has 0 heteroatoms. The van der Waals surface area contributed by atoms with E-state index in [1.54, 1.807) is 0 Å². The molecule has 0 aromatic heterocycles. The van der Waals surface area contributed by atoms with Crippen LogP contribution in [0.25, 0.3) is 0 Å². The monoisotopic (exact) mass is 126 g/mol. The molecule has 54 valence electrons. The first-order chi connectivity index (χ1) is 4.12. The zero-order chi connectivity index (χ0) is 7.33. The number of rotatable bonds is 3. The lowest BCUT2D eigenvalue weighted by atomic mass is 9.86. The van der Waals surface area contributed by atoms with Crippen LogP contribution in [0.5, 0.6) is 0 Å². The smallest absolute Gasteiger partial charge is 0.0299 e. The quantitative estimate of drug-likeness (QED) is 0.508. The minimum atomic E-state index is 0.506. The van der Waals surface area contributed by atoms with Crippen molar-refractivity contribution < 1.29 is 0 Å². The third-order valence-electron chi connectivity index (χ3n) is 1.86. The van der Waals surface area contributed by atoms with Crippen molar-refractivity contribution in [2.45, 2.75) is 40.5 Å². The summed E-state index contributed by atoms with van der Waals surface area (Å²) in [6.45, 7) is 8.91. The minimum absolute atomic E-state index is 0.506. The molecule has 0 aliphatic heterocycles. The summed E-state index contributed by atoms with van der Waals surface area (Å²) in [6.07, 6.45) is 6.83. The molecule has 0 heterocycles. The van der Waals surface area contributed by atoms with Crippen LogP contribution in [-0.2, 0) is 0 Å². The SMILES string of the molecule is C/C=C/CC(C)(C)CC. The molecule has 0 rings (SSSR count). The highest BCUT2D eigenvalue weighted by Gasteiger charge is 2.11. The summed E-state index contributed by atoms with van der Waals surface area (Å²) in [5, 5.41) is 0. The zero-order valence-corrected chi connectivity index (χ0v) is 7.07. The molecular weight excluding hydrogens is 108 g/mol. The molecule has 0 aliphatic carbocycles. The summed E-state index contributed by atoms with van der Waals surface area (Å²) in [4.78, 5) is 0. The first-order valence-electron chi connectivity index (χ1n) is 3.73.